The first kappa shape index (κ1) is 43.5. The molecule has 3 aliphatic rings. The average molecular weight is 919 g/mol. The second kappa shape index (κ2) is 15.5. The summed E-state index contributed by atoms with van der Waals surface area (Å²) in [7, 11) is 0. The Hall–Kier alpha value is -7.56. The average Bonchev–Trinajstić information content (AvgIpc) is 3.94. The van der Waals surface area contributed by atoms with E-state index < -0.39 is 0 Å². The normalized spacial score (nSPS) is 13.8. The van der Waals surface area contributed by atoms with Gasteiger partial charge in [-0.25, -0.2) is 0 Å². The van der Waals surface area contributed by atoms with Crippen LogP contribution >= 0.6 is 0 Å². The van der Waals surface area contributed by atoms with Crippen LogP contribution in [-0.4, -0.2) is 6.71 Å². The third-order valence-corrected chi connectivity index (χ3v) is 15.7. The summed E-state index contributed by atoms with van der Waals surface area (Å²) in [5, 5.41) is 2.28. The largest absolute Gasteiger partial charge is 0.456 e. The molecule has 0 radical (unpaired) electrons. The lowest BCUT2D eigenvalue weighted by Gasteiger charge is -2.45. The summed E-state index contributed by atoms with van der Waals surface area (Å²) in [6, 6.07) is 69.0. The monoisotopic (exact) mass is 918 g/mol. The van der Waals surface area contributed by atoms with Crippen molar-refractivity contribution in [3.05, 3.63) is 210 Å². The summed E-state index contributed by atoms with van der Waals surface area (Å²) in [4.78, 5) is 5.19. The molecule has 0 unspecified atom stereocenters. The van der Waals surface area contributed by atoms with E-state index in [0.717, 1.165) is 45.3 Å². The number of furan rings is 1. The van der Waals surface area contributed by atoms with Gasteiger partial charge in [-0.3, -0.25) is 0 Å². The second-order valence-electron chi connectivity index (χ2n) is 23.4. The van der Waals surface area contributed by atoms with Crippen LogP contribution < -0.4 is 26.2 Å². The van der Waals surface area contributed by atoms with Crippen LogP contribution in [0.25, 0.3) is 55.3 Å². The maximum absolute atomic E-state index is 6.44. The van der Waals surface area contributed by atoms with E-state index in [1.807, 2.05) is 0 Å². The molecule has 0 spiro atoms. The minimum absolute atomic E-state index is 0.0116. The molecule has 346 valence electrons. The Morgan fingerprint density at radius 2 is 0.915 bits per heavy atom. The van der Waals surface area contributed by atoms with Crippen molar-refractivity contribution in [1.82, 2.24) is 0 Å². The van der Waals surface area contributed by atoms with E-state index in [0.29, 0.717) is 0 Å². The number of nitrogens with zero attached hydrogens (tertiary/aromatic N) is 2. The highest BCUT2D eigenvalue weighted by atomic mass is 16.3. The maximum Gasteiger partial charge on any atom is 0.252 e. The Bertz CT molecular complexity index is 3830. The summed E-state index contributed by atoms with van der Waals surface area (Å²) in [6.45, 7) is 21.1. The van der Waals surface area contributed by atoms with Crippen LogP contribution in [0.3, 0.4) is 0 Å². The Kier molecular flexibility index (Phi) is 9.47. The lowest BCUT2D eigenvalue weighted by molar-refractivity contribution is 0.590. The van der Waals surface area contributed by atoms with Gasteiger partial charge in [0.05, 0.1) is 0 Å². The molecule has 3 nitrogen and oxygen atoms in total. The Morgan fingerprint density at radius 3 is 1.55 bits per heavy atom. The van der Waals surface area contributed by atoms with E-state index in [1.165, 1.54) is 94.8 Å². The molecule has 0 saturated carbocycles. The molecule has 0 N–H and O–H groups in total. The smallest absolute Gasteiger partial charge is 0.252 e. The van der Waals surface area contributed by atoms with E-state index >= 15 is 0 Å². The van der Waals surface area contributed by atoms with Gasteiger partial charge in [0.25, 0.3) is 6.71 Å². The van der Waals surface area contributed by atoms with Gasteiger partial charge >= 0.3 is 0 Å². The van der Waals surface area contributed by atoms with Crippen LogP contribution in [0, 0.1) is 0 Å². The summed E-state index contributed by atoms with van der Waals surface area (Å²) >= 11 is 0. The summed E-state index contributed by atoms with van der Waals surface area (Å²) in [5.41, 5.74) is 27.1. The summed E-state index contributed by atoms with van der Waals surface area (Å²) in [5.74, 6) is 0. The van der Waals surface area contributed by atoms with Crippen molar-refractivity contribution >= 4 is 79.2 Å². The fourth-order valence-corrected chi connectivity index (χ4v) is 12.0. The zero-order valence-corrected chi connectivity index (χ0v) is 42.4. The van der Waals surface area contributed by atoms with Crippen molar-refractivity contribution in [2.75, 3.05) is 9.80 Å². The molecule has 4 heteroatoms. The molecule has 0 atom stereocenters. The van der Waals surface area contributed by atoms with Crippen LogP contribution in [0.4, 0.5) is 34.1 Å². The van der Waals surface area contributed by atoms with Gasteiger partial charge in [0.1, 0.15) is 11.2 Å². The van der Waals surface area contributed by atoms with E-state index in [1.54, 1.807) is 0 Å². The van der Waals surface area contributed by atoms with Gasteiger partial charge in [-0.1, -0.05) is 184 Å². The number of fused-ring (bicyclic) bond motifs is 10. The van der Waals surface area contributed by atoms with Crippen LogP contribution in [0.5, 0.6) is 0 Å². The third kappa shape index (κ3) is 6.85. The van der Waals surface area contributed by atoms with Gasteiger partial charge in [-0.05, 0) is 161 Å². The van der Waals surface area contributed by atoms with Gasteiger partial charge < -0.3 is 14.2 Å². The van der Waals surface area contributed by atoms with Gasteiger partial charge in [-0.15, -0.1) is 0 Å². The van der Waals surface area contributed by atoms with E-state index in [2.05, 4.69) is 254 Å². The fourth-order valence-electron chi connectivity index (χ4n) is 12.0. The molecule has 0 fully saturated rings. The fraction of sp³-hybridized carbons (Fsp3) is 0.194. The highest BCUT2D eigenvalue weighted by Gasteiger charge is 2.45. The van der Waals surface area contributed by atoms with Gasteiger partial charge in [0.15, 0.2) is 0 Å². The SMILES string of the molecule is CC(C)(C)c1ccc2c(c1)B1c3cc(C(C)(C)C)ccc3N(c3cccc(-c4cccc5oc6ccccc6c45)c3)c3cc(C(C)(C)C)cc(c31)N2c1cccc(-c2cccc3c2-c2ccccc2C3)c1. The van der Waals surface area contributed by atoms with Crippen molar-refractivity contribution in [3.8, 4) is 33.4 Å². The topological polar surface area (TPSA) is 19.6 Å². The second-order valence-corrected chi connectivity index (χ2v) is 23.4. The Labute approximate surface area is 419 Å². The number of rotatable bonds is 4. The van der Waals surface area contributed by atoms with Gasteiger partial charge in [-0.2, -0.15) is 0 Å². The first-order valence-corrected chi connectivity index (χ1v) is 25.5. The van der Waals surface area contributed by atoms with Gasteiger partial charge in [0, 0.05) is 44.9 Å². The molecular formula is C67H59BN2O. The Balaban J connectivity index is 1.09. The molecule has 2 aliphatic heterocycles. The lowest BCUT2D eigenvalue weighted by atomic mass is 9.33. The summed E-state index contributed by atoms with van der Waals surface area (Å²) < 4.78 is 6.44. The first-order valence-electron chi connectivity index (χ1n) is 25.5. The highest BCUT2D eigenvalue weighted by Crippen LogP contribution is 2.50. The molecule has 3 heterocycles. The molecule has 71 heavy (non-hydrogen) atoms. The highest BCUT2D eigenvalue weighted by molar-refractivity contribution is 7.00. The Morgan fingerprint density at radius 1 is 0.408 bits per heavy atom. The zero-order valence-electron chi connectivity index (χ0n) is 42.4. The molecule has 10 aromatic rings. The standard InChI is InChI=1S/C67H59BN2O/c1-65(2,3)45-30-32-56-54(37-45)68-55-38-46(66(4,5)6)31-33-57(55)70(49-23-15-20-43(36-49)52-27-17-29-61-63(52)53-25-12-13-28-60(53)71-61)59-40-47(67(7,8)9)39-58(64(59)68)69(56)48-22-14-19-42(35-48)51-26-16-21-44-34-41-18-10-11-24-50(41)62(44)51/h10-33,35-40H,34H2,1-9H3. The number of hydrogen-bond donors (Lipinski definition) is 0. The van der Waals surface area contributed by atoms with Crippen LogP contribution in [0.2, 0.25) is 0 Å². The number of anilines is 6. The minimum Gasteiger partial charge on any atom is -0.456 e. The van der Waals surface area contributed by atoms with Crippen LogP contribution in [0.15, 0.2) is 186 Å². The van der Waals surface area contributed by atoms with Crippen LogP contribution in [-0.2, 0) is 22.7 Å². The molecule has 0 saturated heterocycles. The van der Waals surface area contributed by atoms with Gasteiger partial charge in [0.2, 0.25) is 0 Å². The van der Waals surface area contributed by atoms with Crippen molar-refractivity contribution < 1.29 is 4.42 Å². The van der Waals surface area contributed by atoms with Crippen LogP contribution in [0.1, 0.15) is 90.1 Å². The molecule has 1 aliphatic carbocycles. The first-order chi connectivity index (χ1) is 34.1. The number of hydrogen-bond acceptors (Lipinski definition) is 3. The molecule has 9 aromatic carbocycles. The molecular weight excluding hydrogens is 860 g/mol. The van der Waals surface area contributed by atoms with Crippen molar-refractivity contribution in [3.63, 3.8) is 0 Å². The van der Waals surface area contributed by atoms with Crippen molar-refractivity contribution in [1.29, 1.82) is 0 Å². The lowest BCUT2D eigenvalue weighted by Crippen LogP contribution is -2.61. The number of benzene rings is 9. The van der Waals surface area contributed by atoms with E-state index in [9.17, 15) is 0 Å². The maximum atomic E-state index is 6.44. The molecule has 1 aromatic heterocycles. The van der Waals surface area contributed by atoms with E-state index in [-0.39, 0.29) is 23.0 Å². The quantitative estimate of drug-likeness (QED) is 0.164. The minimum atomic E-state index is -0.148. The number of para-hydroxylation sites is 1. The third-order valence-electron chi connectivity index (χ3n) is 15.7. The van der Waals surface area contributed by atoms with E-state index in [4.69, 9.17) is 4.42 Å². The molecule has 0 bridgehead atoms. The summed E-state index contributed by atoms with van der Waals surface area (Å²) in [6.07, 6.45) is 0.968. The molecule has 13 rings (SSSR count). The van der Waals surface area contributed by atoms with Crippen molar-refractivity contribution in [2.24, 2.45) is 0 Å². The molecule has 0 amide bonds. The van der Waals surface area contributed by atoms with Crippen molar-refractivity contribution in [2.45, 2.75) is 85.0 Å². The predicted octanol–water partition coefficient (Wildman–Crippen LogP) is 16.5. The zero-order chi connectivity index (χ0) is 48.7. The predicted molar refractivity (Wildman–Crippen MR) is 303 cm³/mol.